The van der Waals surface area contributed by atoms with Gasteiger partial charge in [-0.3, -0.25) is 18.9 Å². The Morgan fingerprint density at radius 2 is 1.89 bits per heavy atom. The van der Waals surface area contributed by atoms with Crippen LogP contribution < -0.4 is 19.9 Å². The van der Waals surface area contributed by atoms with Gasteiger partial charge in [0.2, 0.25) is 6.79 Å². The number of piperidine rings is 1. The Morgan fingerprint density at radius 1 is 1.08 bits per heavy atom. The van der Waals surface area contributed by atoms with Gasteiger partial charge in [0.05, 0.1) is 17.0 Å². The average molecular weight is 521 g/mol. The van der Waals surface area contributed by atoms with Gasteiger partial charge in [0.25, 0.3) is 11.5 Å². The molecule has 0 spiro atoms. The molecule has 3 aromatic rings. The van der Waals surface area contributed by atoms with Gasteiger partial charge >= 0.3 is 0 Å². The van der Waals surface area contributed by atoms with E-state index in [2.05, 4.69) is 4.90 Å². The Labute approximate surface area is 217 Å². The van der Waals surface area contributed by atoms with Gasteiger partial charge in [-0.15, -0.1) is 0 Å². The smallest absolute Gasteiger partial charge is 0.267 e. The second kappa shape index (κ2) is 9.25. The molecule has 3 aliphatic rings. The molecule has 36 heavy (non-hydrogen) atoms. The van der Waals surface area contributed by atoms with Crippen LogP contribution in [0.4, 0.5) is 5.82 Å². The first-order valence-corrected chi connectivity index (χ1v) is 13.1. The van der Waals surface area contributed by atoms with E-state index < -0.39 is 0 Å². The highest BCUT2D eigenvalue weighted by Gasteiger charge is 2.33. The molecule has 3 aliphatic heterocycles. The number of aryl methyl sites for hydroxylation is 1. The maximum atomic E-state index is 13.7. The minimum atomic E-state index is -0.221. The highest BCUT2D eigenvalue weighted by atomic mass is 32.2. The fourth-order valence-electron chi connectivity index (χ4n) is 4.71. The van der Waals surface area contributed by atoms with Gasteiger partial charge in [-0.05, 0) is 61.6 Å². The molecule has 2 fully saturated rings. The van der Waals surface area contributed by atoms with Crippen molar-refractivity contribution in [1.82, 2.24) is 14.3 Å². The number of hydrogen-bond acceptors (Lipinski definition) is 8. The van der Waals surface area contributed by atoms with Gasteiger partial charge in [0.1, 0.15) is 15.8 Å². The summed E-state index contributed by atoms with van der Waals surface area (Å²) >= 11 is 6.77. The van der Waals surface area contributed by atoms with Crippen LogP contribution in [0, 0.1) is 6.92 Å². The Morgan fingerprint density at radius 3 is 2.72 bits per heavy atom. The molecule has 0 saturated carbocycles. The fraction of sp³-hybridized carbons (Fsp3) is 0.308. The fourth-order valence-corrected chi connectivity index (χ4v) is 5.95. The van der Waals surface area contributed by atoms with Crippen molar-refractivity contribution < 1.29 is 14.3 Å². The first-order valence-electron chi connectivity index (χ1n) is 11.9. The van der Waals surface area contributed by atoms with Gasteiger partial charge in [-0.25, -0.2) is 4.98 Å². The molecule has 10 heteroatoms. The summed E-state index contributed by atoms with van der Waals surface area (Å²) in [5.74, 6) is 1.75. The van der Waals surface area contributed by atoms with Crippen molar-refractivity contribution in [2.24, 2.45) is 0 Å². The summed E-state index contributed by atoms with van der Waals surface area (Å²) in [6.07, 6.45) is 6.72. The Hall–Kier alpha value is -3.37. The van der Waals surface area contributed by atoms with Crippen LogP contribution in [0.3, 0.4) is 0 Å². The van der Waals surface area contributed by atoms with E-state index in [9.17, 15) is 9.59 Å². The summed E-state index contributed by atoms with van der Waals surface area (Å²) in [5.41, 5.74) is 2.67. The van der Waals surface area contributed by atoms with Crippen molar-refractivity contribution in [3.05, 3.63) is 68.5 Å². The highest BCUT2D eigenvalue weighted by Crippen LogP contribution is 2.37. The molecule has 1 aromatic carbocycles. The summed E-state index contributed by atoms with van der Waals surface area (Å²) in [6, 6.07) is 9.40. The van der Waals surface area contributed by atoms with E-state index in [1.54, 1.807) is 21.6 Å². The molecule has 5 heterocycles. The van der Waals surface area contributed by atoms with Crippen molar-refractivity contribution in [2.45, 2.75) is 32.7 Å². The van der Waals surface area contributed by atoms with Crippen molar-refractivity contribution >= 4 is 51.7 Å². The second-order valence-electron chi connectivity index (χ2n) is 9.09. The lowest BCUT2D eigenvalue weighted by Gasteiger charge is -2.29. The zero-order valence-electron chi connectivity index (χ0n) is 19.7. The number of pyridine rings is 1. The number of amides is 1. The number of carbonyl (C=O) groups excluding carboxylic acids is 1. The lowest BCUT2D eigenvalue weighted by Crippen LogP contribution is -2.33. The lowest BCUT2D eigenvalue weighted by molar-refractivity contribution is -0.122. The molecule has 0 aliphatic carbocycles. The second-order valence-corrected chi connectivity index (χ2v) is 10.8. The molecule has 184 valence electrons. The predicted octanol–water partition coefficient (Wildman–Crippen LogP) is 4.12. The summed E-state index contributed by atoms with van der Waals surface area (Å²) < 4.78 is 12.8. The number of thiocarbonyl (C=S) groups is 1. The van der Waals surface area contributed by atoms with Crippen LogP contribution in [-0.4, -0.2) is 44.4 Å². The molecule has 2 aromatic heterocycles. The minimum Gasteiger partial charge on any atom is -0.454 e. The first-order chi connectivity index (χ1) is 17.5. The van der Waals surface area contributed by atoms with Crippen molar-refractivity contribution in [3.63, 3.8) is 0 Å². The van der Waals surface area contributed by atoms with E-state index in [1.807, 2.05) is 37.3 Å². The third-order valence-corrected chi connectivity index (χ3v) is 7.95. The normalized spacial score (nSPS) is 18.6. The number of carbonyl (C=O) groups is 1. The van der Waals surface area contributed by atoms with Crippen LogP contribution in [0.25, 0.3) is 11.7 Å². The number of aromatic nitrogens is 2. The average Bonchev–Trinajstić information content (AvgIpc) is 3.46. The van der Waals surface area contributed by atoms with Crippen molar-refractivity contribution in [3.8, 4) is 11.5 Å². The van der Waals surface area contributed by atoms with E-state index >= 15 is 0 Å². The van der Waals surface area contributed by atoms with Gasteiger partial charge in [0, 0.05) is 19.3 Å². The van der Waals surface area contributed by atoms with Gasteiger partial charge in [-0.1, -0.05) is 36.1 Å². The number of nitrogens with zero attached hydrogens (tertiary/aromatic N) is 4. The number of rotatable bonds is 4. The number of ether oxygens (including phenoxy) is 2. The van der Waals surface area contributed by atoms with Crippen molar-refractivity contribution in [2.75, 3.05) is 24.8 Å². The van der Waals surface area contributed by atoms with Crippen LogP contribution in [0.1, 0.15) is 36.0 Å². The first kappa shape index (κ1) is 23.1. The summed E-state index contributed by atoms with van der Waals surface area (Å²) in [4.78, 5) is 36.1. The standard InChI is InChI=1S/C26H24N4O4S2/c1-16-5-8-22-27-23(28-9-3-2-4-10-28)18(24(31)29(22)13-16)12-21-25(32)30(26(35)36-21)14-17-6-7-19-20(11-17)34-15-33-19/h5-8,11-13H,2-4,9-10,14-15H2,1H3/b21-12+. The molecule has 6 rings (SSSR count). The van der Waals surface area contributed by atoms with Crippen LogP contribution in [0.5, 0.6) is 11.5 Å². The molecular formula is C26H24N4O4S2. The number of thioether (sulfide) groups is 1. The Kier molecular flexibility index (Phi) is 5.93. The molecule has 2 saturated heterocycles. The molecule has 1 amide bonds. The zero-order valence-corrected chi connectivity index (χ0v) is 21.4. The molecule has 0 atom stereocenters. The molecule has 0 radical (unpaired) electrons. The number of anilines is 1. The van der Waals surface area contributed by atoms with Crippen LogP contribution in [0.15, 0.2) is 46.2 Å². The number of hydrogen-bond donors (Lipinski definition) is 0. The largest absolute Gasteiger partial charge is 0.454 e. The quantitative estimate of drug-likeness (QED) is 0.376. The number of benzene rings is 1. The molecule has 0 N–H and O–H groups in total. The third kappa shape index (κ3) is 4.14. The van der Waals surface area contributed by atoms with E-state index in [4.69, 9.17) is 26.7 Å². The van der Waals surface area contributed by atoms with Crippen molar-refractivity contribution in [1.29, 1.82) is 0 Å². The molecule has 0 bridgehead atoms. The maximum Gasteiger partial charge on any atom is 0.267 e. The highest BCUT2D eigenvalue weighted by molar-refractivity contribution is 8.26. The Balaban J connectivity index is 1.38. The van der Waals surface area contributed by atoms with E-state index in [1.165, 1.54) is 11.8 Å². The summed E-state index contributed by atoms with van der Waals surface area (Å²) in [7, 11) is 0. The number of fused-ring (bicyclic) bond motifs is 2. The molecule has 8 nitrogen and oxygen atoms in total. The van der Waals surface area contributed by atoms with E-state index in [-0.39, 0.29) is 18.3 Å². The maximum absolute atomic E-state index is 13.7. The third-order valence-electron chi connectivity index (χ3n) is 6.57. The van der Waals surface area contributed by atoms with Gasteiger partial charge in [0.15, 0.2) is 11.5 Å². The van der Waals surface area contributed by atoms with Crippen LogP contribution >= 0.6 is 24.0 Å². The zero-order chi connectivity index (χ0) is 24.8. The van der Waals surface area contributed by atoms with Crippen LogP contribution in [0.2, 0.25) is 0 Å². The van der Waals surface area contributed by atoms with Gasteiger partial charge < -0.3 is 14.4 Å². The van der Waals surface area contributed by atoms with E-state index in [0.29, 0.717) is 44.3 Å². The summed E-state index contributed by atoms with van der Waals surface area (Å²) in [5, 5.41) is 0. The van der Waals surface area contributed by atoms with E-state index in [0.717, 1.165) is 43.5 Å². The monoisotopic (exact) mass is 520 g/mol. The topological polar surface area (TPSA) is 76.4 Å². The summed E-state index contributed by atoms with van der Waals surface area (Å²) in [6.45, 7) is 4.11. The molecular weight excluding hydrogens is 496 g/mol. The van der Waals surface area contributed by atoms with Gasteiger partial charge in [-0.2, -0.15) is 0 Å². The van der Waals surface area contributed by atoms with Crippen LogP contribution in [-0.2, 0) is 11.3 Å². The Bertz CT molecular complexity index is 1490. The SMILES string of the molecule is Cc1ccc2nc(N3CCCCC3)c(/C=C3/SC(=S)N(Cc4ccc5c(c4)OCO5)C3=O)c(=O)n2c1. The lowest BCUT2D eigenvalue weighted by atomic mass is 10.1. The minimum absolute atomic E-state index is 0.190. The molecule has 0 unspecified atom stereocenters. The predicted molar refractivity (Wildman–Crippen MR) is 144 cm³/mol.